The van der Waals surface area contributed by atoms with Gasteiger partial charge in [-0.15, -0.1) is 0 Å². The van der Waals surface area contributed by atoms with Gasteiger partial charge < -0.3 is 4.74 Å². The van der Waals surface area contributed by atoms with Crippen LogP contribution in [0.2, 0.25) is 0 Å². The number of carbonyl (C=O) groups is 1. The predicted octanol–water partition coefficient (Wildman–Crippen LogP) is 11.9. The Morgan fingerprint density at radius 2 is 0.758 bits per heavy atom. The van der Waals surface area contributed by atoms with Crippen LogP contribution in [0.4, 0.5) is 132 Å². The number of ether oxygens (including phenoxy) is 1. The molecular weight excluding hydrogens is 968 g/mol. The lowest BCUT2D eigenvalue weighted by Gasteiger charge is -2.42. The van der Waals surface area contributed by atoms with Crippen LogP contribution in [0.5, 0.6) is 0 Å². The lowest BCUT2D eigenvalue weighted by molar-refractivity contribution is -0.461. The van der Waals surface area contributed by atoms with Crippen molar-refractivity contribution < 1.29 is 146 Å². The Hall–Kier alpha value is -3.49. The van der Waals surface area contributed by atoms with Gasteiger partial charge >= 0.3 is 83.4 Å². The largest absolute Gasteiger partial charge is 0.460 e. The first-order valence-corrected chi connectivity index (χ1v) is 15.3. The van der Waals surface area contributed by atoms with E-state index in [0.29, 0.717) is 0 Å². The van der Waals surface area contributed by atoms with Crippen molar-refractivity contribution in [3.63, 3.8) is 0 Å². The van der Waals surface area contributed by atoms with Gasteiger partial charge in [-0.1, -0.05) is 30.3 Å². The molecule has 0 aromatic heterocycles. The molecule has 0 aliphatic heterocycles. The molecule has 62 heavy (non-hydrogen) atoms. The summed E-state index contributed by atoms with van der Waals surface area (Å²) in [4.78, 5) is 17.0. The summed E-state index contributed by atoms with van der Waals surface area (Å²) in [6, 6.07) is 5.67. The van der Waals surface area contributed by atoms with Gasteiger partial charge in [-0.2, -0.15) is 132 Å². The smallest absolute Gasteiger partial charge is 0.372 e. The molecule has 0 spiro atoms. The topological polar surface area (TPSA) is 38.8 Å². The molecule has 1 rings (SSSR count). The van der Waals surface area contributed by atoms with Crippen molar-refractivity contribution in [3.05, 3.63) is 35.9 Å². The van der Waals surface area contributed by atoms with E-state index >= 15 is 0 Å². The SMILES string of the molecule is O=C(COCCCC(F)(F)C(F)(F)C(F)(F)C(F)(F)C(F)(F)C(F)(F)C(F)(F)C(F)(F)F)N(CCC(F)(F)C(F)(F)C(F)(F)C(F)(F)C(F)(F)C(F)(F)F)OCc1ccccc1. The average molecular weight is 987 g/mol. The van der Waals surface area contributed by atoms with E-state index in [1.807, 2.05) is 0 Å². The van der Waals surface area contributed by atoms with E-state index in [9.17, 15) is 137 Å². The van der Waals surface area contributed by atoms with E-state index in [2.05, 4.69) is 9.57 Å². The molecule has 34 heteroatoms. The summed E-state index contributed by atoms with van der Waals surface area (Å²) in [5.41, 5.74) is -0.148. The second kappa shape index (κ2) is 17.1. The van der Waals surface area contributed by atoms with Gasteiger partial charge in [0.2, 0.25) is 0 Å². The van der Waals surface area contributed by atoms with E-state index in [1.165, 1.54) is 6.07 Å². The van der Waals surface area contributed by atoms with E-state index in [-0.39, 0.29) is 5.56 Å². The Bertz CT molecular complexity index is 1650. The van der Waals surface area contributed by atoms with Crippen molar-refractivity contribution in [2.24, 2.45) is 0 Å². The van der Waals surface area contributed by atoms with Gasteiger partial charge in [-0.3, -0.25) is 9.63 Å². The van der Waals surface area contributed by atoms with Crippen molar-refractivity contribution in [2.45, 2.75) is 109 Å². The lowest BCUT2D eigenvalue weighted by atomic mass is 9.88. The Labute approximate surface area is 323 Å². The molecule has 0 bridgehead atoms. The highest BCUT2D eigenvalue weighted by Gasteiger charge is 2.95. The Morgan fingerprint density at radius 1 is 0.435 bits per heavy atom. The zero-order valence-electron chi connectivity index (χ0n) is 28.8. The van der Waals surface area contributed by atoms with Crippen LogP contribution in [0, 0.1) is 0 Å². The van der Waals surface area contributed by atoms with Gasteiger partial charge in [-0.05, 0) is 12.0 Å². The first-order chi connectivity index (χ1) is 27.1. The fourth-order valence-electron chi connectivity index (χ4n) is 4.17. The number of halogens is 30. The summed E-state index contributed by atoms with van der Waals surface area (Å²) in [5.74, 6) is -100. The number of hydrogen-bond donors (Lipinski definition) is 0. The number of hydroxylamine groups is 2. The summed E-state index contributed by atoms with van der Waals surface area (Å²) in [6.07, 6.45) is -24.0. The van der Waals surface area contributed by atoms with E-state index in [4.69, 9.17) is 0 Å². The zero-order valence-corrected chi connectivity index (χ0v) is 28.8. The third-order valence-electron chi connectivity index (χ3n) is 7.93. The van der Waals surface area contributed by atoms with Crippen molar-refractivity contribution in [1.82, 2.24) is 5.06 Å². The van der Waals surface area contributed by atoms with Gasteiger partial charge in [-0.25, -0.2) is 5.06 Å². The number of nitrogens with zero attached hydrogens (tertiary/aromatic N) is 1. The van der Waals surface area contributed by atoms with Crippen LogP contribution in [0.3, 0.4) is 0 Å². The number of carbonyl (C=O) groups excluding carboxylic acids is 1. The molecule has 364 valence electrons. The molecule has 0 saturated heterocycles. The predicted molar refractivity (Wildman–Crippen MR) is 139 cm³/mol. The fourth-order valence-corrected chi connectivity index (χ4v) is 4.17. The average Bonchev–Trinajstić information content (AvgIpc) is 3.09. The minimum atomic E-state index is -8.92. The highest BCUT2D eigenvalue weighted by Crippen LogP contribution is 2.65. The van der Waals surface area contributed by atoms with Crippen molar-refractivity contribution >= 4 is 5.91 Å². The summed E-state index contributed by atoms with van der Waals surface area (Å²) in [7, 11) is 0. The summed E-state index contributed by atoms with van der Waals surface area (Å²) in [6.45, 7) is -7.20. The molecule has 1 aromatic rings. The monoisotopic (exact) mass is 987 g/mol. The maximum Gasteiger partial charge on any atom is 0.460 e. The van der Waals surface area contributed by atoms with Crippen LogP contribution in [0.25, 0.3) is 0 Å². The van der Waals surface area contributed by atoms with Crippen LogP contribution in [0.1, 0.15) is 24.8 Å². The molecule has 0 radical (unpaired) electrons. The zero-order chi connectivity index (χ0) is 49.6. The first kappa shape index (κ1) is 56.5. The maximum absolute atomic E-state index is 14.3. The Kier molecular flexibility index (Phi) is 15.6. The van der Waals surface area contributed by atoms with Crippen LogP contribution >= 0.6 is 0 Å². The minimum Gasteiger partial charge on any atom is -0.372 e. The third-order valence-corrected chi connectivity index (χ3v) is 7.93. The van der Waals surface area contributed by atoms with Gasteiger partial charge in [0.25, 0.3) is 5.91 Å². The highest BCUT2D eigenvalue weighted by molar-refractivity contribution is 5.76. The number of rotatable bonds is 22. The normalized spacial score (nSPS) is 15.6. The second-order valence-electron chi connectivity index (χ2n) is 12.3. The van der Waals surface area contributed by atoms with Crippen molar-refractivity contribution in [1.29, 1.82) is 0 Å². The molecule has 0 atom stereocenters. The van der Waals surface area contributed by atoms with Crippen LogP contribution < -0.4 is 0 Å². The molecule has 1 amide bonds. The quantitative estimate of drug-likeness (QED) is 0.0660. The van der Waals surface area contributed by atoms with Crippen LogP contribution in [0.15, 0.2) is 30.3 Å². The number of benzene rings is 1. The summed E-state index contributed by atoms with van der Waals surface area (Å²) < 4.78 is 407. The molecule has 0 saturated carbocycles. The molecule has 0 heterocycles. The highest BCUT2D eigenvalue weighted by atomic mass is 19.4. The van der Waals surface area contributed by atoms with Crippen LogP contribution in [-0.2, 0) is 21.0 Å². The lowest BCUT2D eigenvalue weighted by Crippen LogP contribution is -2.74. The van der Waals surface area contributed by atoms with Gasteiger partial charge in [0.05, 0.1) is 6.54 Å². The number of alkyl halides is 30. The Morgan fingerprint density at radius 3 is 1.11 bits per heavy atom. The molecule has 0 fully saturated rings. The third kappa shape index (κ3) is 9.34. The van der Waals surface area contributed by atoms with E-state index in [0.717, 1.165) is 24.3 Å². The standard InChI is InChI=1S/C28H19F30NO3/c29-15(30,17(33,34)19(37,38)21(41,42)22(43,44)24(47,48)26(51,52)28(56,57)58)7-4-10-61-12-14(60)59(62-11-13-5-2-1-3-6-13)9-8-16(31,32)18(35,36)20(39,40)23(45,46)25(49,50)27(53,54)55/h1-3,5-6H,4,7-12H2. The van der Waals surface area contributed by atoms with Gasteiger partial charge in [0.15, 0.2) is 0 Å². The van der Waals surface area contributed by atoms with E-state index in [1.54, 1.807) is 0 Å². The van der Waals surface area contributed by atoms with E-state index < -0.39 is 140 Å². The molecular formula is C28H19F30NO3. The Balaban J connectivity index is 3.27. The summed E-state index contributed by atoms with van der Waals surface area (Å²) >= 11 is 0. The van der Waals surface area contributed by atoms with Crippen LogP contribution in [-0.4, -0.2) is 114 Å². The molecule has 0 aliphatic rings. The van der Waals surface area contributed by atoms with Crippen molar-refractivity contribution in [2.75, 3.05) is 19.8 Å². The molecule has 1 aromatic carbocycles. The maximum atomic E-state index is 14.3. The fraction of sp³-hybridized carbons (Fsp3) is 0.750. The van der Waals surface area contributed by atoms with Gasteiger partial charge in [0.1, 0.15) is 13.2 Å². The molecule has 0 N–H and O–H groups in total. The molecule has 0 aliphatic carbocycles. The first-order valence-electron chi connectivity index (χ1n) is 15.3. The summed E-state index contributed by atoms with van der Waals surface area (Å²) in [5, 5.41) is -0.679. The molecule has 4 nitrogen and oxygen atoms in total. The minimum absolute atomic E-state index is 0.148. The number of hydrogen-bond acceptors (Lipinski definition) is 3. The molecule has 0 unspecified atom stereocenters. The van der Waals surface area contributed by atoms with Gasteiger partial charge in [0, 0.05) is 19.4 Å². The second-order valence-corrected chi connectivity index (χ2v) is 12.3. The number of amides is 1. The van der Waals surface area contributed by atoms with Crippen molar-refractivity contribution in [3.8, 4) is 0 Å².